The summed E-state index contributed by atoms with van der Waals surface area (Å²) >= 11 is 0. The number of rotatable bonds is 3. The smallest absolute Gasteiger partial charge is 0.271 e. The summed E-state index contributed by atoms with van der Waals surface area (Å²) in [4.78, 5) is 0. The second-order valence-corrected chi connectivity index (χ2v) is 5.35. The third kappa shape index (κ3) is 3.60. The second-order valence-electron chi connectivity index (χ2n) is 3.47. The summed E-state index contributed by atoms with van der Waals surface area (Å²) in [5.41, 5.74) is -1.04. The van der Waals surface area contributed by atoms with Crippen LogP contribution in [0.5, 0.6) is 0 Å². The van der Waals surface area contributed by atoms with E-state index < -0.39 is 21.9 Å². The van der Waals surface area contributed by atoms with Crippen LogP contribution in [0.4, 0.5) is 18.9 Å². The molecule has 1 N–H and O–H groups in total. The number of benzene rings is 1. The van der Waals surface area contributed by atoms with Gasteiger partial charge in [-0.3, -0.25) is 4.72 Å². The van der Waals surface area contributed by atoms with Gasteiger partial charge in [-0.2, -0.15) is 25.9 Å². The lowest BCUT2D eigenvalue weighted by atomic mass is 10.2. The molecule has 0 unspecified atom stereocenters. The number of hydrogen-bond acceptors (Lipinski definition) is 2. The van der Waals surface area contributed by atoms with Gasteiger partial charge >= 0.3 is 16.4 Å². The number of nitrogens with zero attached hydrogens (tertiary/aromatic N) is 1. The van der Waals surface area contributed by atoms with E-state index in [1.54, 1.807) is 0 Å². The minimum atomic E-state index is -4.50. The predicted octanol–water partition coefficient (Wildman–Crippen LogP) is 1.92. The monoisotopic (exact) mass is 268 g/mol. The van der Waals surface area contributed by atoms with Crippen molar-refractivity contribution in [3.05, 3.63) is 29.8 Å². The summed E-state index contributed by atoms with van der Waals surface area (Å²) in [7, 11) is -1.25. The average Bonchev–Trinajstić information content (AvgIpc) is 2.15. The summed E-state index contributed by atoms with van der Waals surface area (Å²) in [6.07, 6.45) is -4.50. The van der Waals surface area contributed by atoms with E-state index in [-0.39, 0.29) is 5.69 Å². The van der Waals surface area contributed by atoms with Gasteiger partial charge in [0.1, 0.15) is 0 Å². The van der Waals surface area contributed by atoms with Crippen LogP contribution in [-0.2, 0) is 16.4 Å². The maximum absolute atomic E-state index is 12.4. The topological polar surface area (TPSA) is 49.4 Å². The quantitative estimate of drug-likeness (QED) is 0.910. The van der Waals surface area contributed by atoms with Gasteiger partial charge in [-0.05, 0) is 18.2 Å². The van der Waals surface area contributed by atoms with Gasteiger partial charge < -0.3 is 0 Å². The highest BCUT2D eigenvalue weighted by Gasteiger charge is 2.30. The standard InChI is InChI=1S/C9H11F3N2O2S/c1-14(2)17(15,16)13-8-5-3-4-7(6-8)9(10,11)12/h3-6,13H,1-2H3. The van der Waals surface area contributed by atoms with Crippen LogP contribution >= 0.6 is 0 Å². The first-order valence-electron chi connectivity index (χ1n) is 4.50. The molecule has 0 aliphatic heterocycles. The number of anilines is 1. The lowest BCUT2D eigenvalue weighted by molar-refractivity contribution is -0.137. The lowest BCUT2D eigenvalue weighted by Crippen LogP contribution is -2.29. The molecule has 0 aromatic heterocycles. The molecule has 8 heteroatoms. The first kappa shape index (κ1) is 13.8. The van der Waals surface area contributed by atoms with E-state index in [0.717, 1.165) is 22.5 Å². The van der Waals surface area contributed by atoms with Gasteiger partial charge in [-0.25, -0.2) is 0 Å². The normalized spacial score (nSPS) is 12.8. The molecular formula is C9H11F3N2O2S. The van der Waals surface area contributed by atoms with E-state index in [1.807, 2.05) is 4.72 Å². The molecule has 0 saturated carbocycles. The molecule has 0 aliphatic carbocycles. The molecule has 0 heterocycles. The Balaban J connectivity index is 3.03. The van der Waals surface area contributed by atoms with Crippen LogP contribution in [0, 0.1) is 0 Å². The van der Waals surface area contributed by atoms with Gasteiger partial charge in [0.15, 0.2) is 0 Å². The molecule has 0 spiro atoms. The van der Waals surface area contributed by atoms with Gasteiger partial charge in [0.2, 0.25) is 0 Å². The van der Waals surface area contributed by atoms with Crippen LogP contribution in [0.25, 0.3) is 0 Å². The second kappa shape index (κ2) is 4.53. The molecule has 4 nitrogen and oxygen atoms in total. The van der Waals surface area contributed by atoms with Crippen molar-refractivity contribution in [2.75, 3.05) is 18.8 Å². The van der Waals surface area contributed by atoms with Crippen molar-refractivity contribution in [3.8, 4) is 0 Å². The van der Waals surface area contributed by atoms with Crippen molar-refractivity contribution in [3.63, 3.8) is 0 Å². The first-order valence-corrected chi connectivity index (χ1v) is 5.94. The minimum absolute atomic E-state index is 0.131. The Kier molecular flexibility index (Phi) is 3.68. The van der Waals surface area contributed by atoms with Gasteiger partial charge in [-0.1, -0.05) is 6.07 Å². The Morgan fingerprint density at radius 2 is 1.82 bits per heavy atom. The van der Waals surface area contributed by atoms with E-state index in [9.17, 15) is 21.6 Å². The average molecular weight is 268 g/mol. The molecule has 0 fully saturated rings. The van der Waals surface area contributed by atoms with Crippen LogP contribution in [-0.4, -0.2) is 26.8 Å². The van der Waals surface area contributed by atoms with E-state index in [1.165, 1.54) is 20.2 Å². The van der Waals surface area contributed by atoms with Crippen LogP contribution in [0.15, 0.2) is 24.3 Å². The molecule has 0 atom stereocenters. The van der Waals surface area contributed by atoms with Crippen LogP contribution in [0.3, 0.4) is 0 Å². The van der Waals surface area contributed by atoms with E-state index in [0.29, 0.717) is 0 Å². The molecule has 0 amide bonds. The largest absolute Gasteiger partial charge is 0.416 e. The number of nitrogens with one attached hydrogen (secondary N) is 1. The third-order valence-corrected chi connectivity index (χ3v) is 3.37. The fourth-order valence-electron chi connectivity index (χ4n) is 0.999. The van der Waals surface area contributed by atoms with Crippen molar-refractivity contribution in [1.29, 1.82) is 0 Å². The zero-order valence-corrected chi connectivity index (χ0v) is 9.93. The Morgan fingerprint density at radius 3 is 2.29 bits per heavy atom. The van der Waals surface area contributed by atoms with Crippen molar-refractivity contribution in [2.45, 2.75) is 6.18 Å². The zero-order valence-electron chi connectivity index (χ0n) is 9.12. The maximum atomic E-state index is 12.4. The van der Waals surface area contributed by atoms with Crippen LogP contribution in [0.2, 0.25) is 0 Å². The molecule has 0 radical (unpaired) electrons. The highest BCUT2D eigenvalue weighted by atomic mass is 32.2. The van der Waals surface area contributed by atoms with Gasteiger partial charge in [-0.15, -0.1) is 0 Å². The molecule has 1 aromatic carbocycles. The summed E-state index contributed by atoms with van der Waals surface area (Å²) in [6.45, 7) is 0. The molecule has 0 bridgehead atoms. The van der Waals surface area contributed by atoms with E-state index in [4.69, 9.17) is 0 Å². The summed E-state index contributed by atoms with van der Waals surface area (Å²) < 4.78 is 62.8. The molecule has 1 aromatic rings. The fraction of sp³-hybridized carbons (Fsp3) is 0.333. The number of hydrogen-bond donors (Lipinski definition) is 1. The molecule has 0 aliphatic rings. The third-order valence-electron chi connectivity index (χ3n) is 1.92. The van der Waals surface area contributed by atoms with Crippen molar-refractivity contribution < 1.29 is 21.6 Å². The number of halogens is 3. The van der Waals surface area contributed by atoms with Crippen LogP contribution < -0.4 is 4.72 Å². The van der Waals surface area contributed by atoms with Crippen LogP contribution in [0.1, 0.15) is 5.56 Å². The van der Waals surface area contributed by atoms with E-state index in [2.05, 4.69) is 0 Å². The van der Waals surface area contributed by atoms with E-state index >= 15 is 0 Å². The summed E-state index contributed by atoms with van der Waals surface area (Å²) in [5.74, 6) is 0. The van der Waals surface area contributed by atoms with Crippen molar-refractivity contribution in [1.82, 2.24) is 4.31 Å². The molecule has 1 rings (SSSR count). The Morgan fingerprint density at radius 1 is 1.24 bits per heavy atom. The van der Waals surface area contributed by atoms with Crippen molar-refractivity contribution in [2.24, 2.45) is 0 Å². The zero-order chi connectivity index (χ0) is 13.3. The summed E-state index contributed by atoms with van der Waals surface area (Å²) in [5, 5.41) is 0. The Bertz CT molecular complexity index is 497. The number of alkyl halides is 3. The summed E-state index contributed by atoms with van der Waals surface area (Å²) in [6, 6.07) is 3.99. The van der Waals surface area contributed by atoms with Crippen molar-refractivity contribution >= 4 is 15.9 Å². The molecule has 96 valence electrons. The lowest BCUT2D eigenvalue weighted by Gasteiger charge is -2.14. The molecule has 17 heavy (non-hydrogen) atoms. The predicted molar refractivity (Wildman–Crippen MR) is 57.7 cm³/mol. The first-order chi connectivity index (χ1) is 7.63. The molecule has 0 saturated heterocycles. The van der Waals surface area contributed by atoms with Gasteiger partial charge in [0.25, 0.3) is 0 Å². The minimum Gasteiger partial charge on any atom is -0.271 e. The Hall–Kier alpha value is -1.28. The maximum Gasteiger partial charge on any atom is 0.416 e. The highest BCUT2D eigenvalue weighted by molar-refractivity contribution is 7.90. The SMILES string of the molecule is CN(C)S(=O)(=O)Nc1cccc(C(F)(F)F)c1. The fourth-order valence-corrected chi connectivity index (χ4v) is 1.61. The molecular weight excluding hydrogens is 257 g/mol. The van der Waals surface area contributed by atoms with Gasteiger partial charge in [0, 0.05) is 14.1 Å². The van der Waals surface area contributed by atoms with Gasteiger partial charge in [0.05, 0.1) is 11.3 Å². The Labute approximate surface area is 97.2 Å². The highest BCUT2D eigenvalue weighted by Crippen LogP contribution is 2.30.